The summed E-state index contributed by atoms with van der Waals surface area (Å²) >= 11 is 0. The van der Waals surface area contributed by atoms with Crippen molar-refractivity contribution < 1.29 is 23.5 Å². The molecule has 2 aromatic carbocycles. The Morgan fingerprint density at radius 1 is 1.10 bits per heavy atom. The molecular weight excluding hydrogens is 293 g/mol. The average Bonchev–Trinajstić information content (AvgIpc) is 2.47. The molecule has 0 radical (unpaired) electrons. The van der Waals surface area contributed by atoms with Gasteiger partial charge in [-0.25, -0.2) is 9.36 Å². The van der Waals surface area contributed by atoms with Gasteiger partial charge in [-0.15, -0.1) is 0 Å². The van der Waals surface area contributed by atoms with E-state index in [1.54, 1.807) is 42.5 Å². The van der Waals surface area contributed by atoms with Crippen LogP contribution in [0.4, 0.5) is 5.69 Å². The Balaban J connectivity index is 2.21. The van der Waals surface area contributed by atoms with Crippen LogP contribution in [0.3, 0.4) is 0 Å². The molecule has 1 atom stereocenters. The molecule has 2 N–H and O–H groups in total. The van der Waals surface area contributed by atoms with Gasteiger partial charge in [0.2, 0.25) is 0 Å². The molecule has 0 fully saturated rings. The summed E-state index contributed by atoms with van der Waals surface area (Å²) in [4.78, 5) is 21.5. The van der Waals surface area contributed by atoms with Crippen molar-refractivity contribution in [2.24, 2.45) is 0 Å². The lowest BCUT2D eigenvalue weighted by Crippen LogP contribution is -2.09. The Morgan fingerprint density at radius 2 is 1.71 bits per heavy atom. The van der Waals surface area contributed by atoms with E-state index < -0.39 is 13.7 Å². The fraction of sp³-hybridized carbons (Fsp3) is 0.0714. The van der Waals surface area contributed by atoms with Crippen LogP contribution in [0, 0.1) is 0 Å². The van der Waals surface area contributed by atoms with Gasteiger partial charge >= 0.3 is 13.7 Å². The highest BCUT2D eigenvalue weighted by Gasteiger charge is 2.24. The van der Waals surface area contributed by atoms with Gasteiger partial charge in [-0.3, -0.25) is 9.98 Å². The molecule has 0 saturated carbocycles. The molecule has 110 valence electrons. The normalized spacial score (nSPS) is 13.0. The molecule has 0 aliphatic heterocycles. The van der Waals surface area contributed by atoms with Gasteiger partial charge in [0, 0.05) is 0 Å². The van der Waals surface area contributed by atoms with Crippen LogP contribution in [0.5, 0.6) is 5.75 Å². The number of carbonyl (C=O) groups excluding carboxylic acids is 1. The summed E-state index contributed by atoms with van der Waals surface area (Å²) in [5.41, 5.74) is 0.303. The second kappa shape index (κ2) is 6.43. The number of para-hydroxylation sites is 2. The second-order valence-corrected chi connectivity index (χ2v) is 5.52. The maximum absolute atomic E-state index is 12.1. The van der Waals surface area contributed by atoms with Crippen LogP contribution in [0.15, 0.2) is 54.6 Å². The van der Waals surface area contributed by atoms with Crippen molar-refractivity contribution in [1.29, 1.82) is 0 Å². The minimum atomic E-state index is -4.17. The summed E-state index contributed by atoms with van der Waals surface area (Å²) in [6.07, 6.45) is 0. The molecule has 0 amide bonds. The standard InChI is InChI=1S/C14H14NO5P/c1-19-14(16)12-9-5-6-10-13(12)15-21(17,18)20-11-7-3-2-4-8-11/h2-10H,1H3,(H2,15,17,18). The third-order valence-corrected chi connectivity index (χ3v) is 3.55. The summed E-state index contributed by atoms with van der Waals surface area (Å²) in [5, 5.41) is 2.34. The number of rotatable bonds is 5. The Bertz CT molecular complexity index is 674. The van der Waals surface area contributed by atoms with Gasteiger partial charge in [0.15, 0.2) is 0 Å². The molecule has 21 heavy (non-hydrogen) atoms. The van der Waals surface area contributed by atoms with Crippen LogP contribution >= 0.6 is 7.75 Å². The molecule has 0 saturated heterocycles. The van der Waals surface area contributed by atoms with Gasteiger partial charge in [-0.2, -0.15) is 0 Å². The predicted octanol–water partition coefficient (Wildman–Crippen LogP) is 3.06. The summed E-state index contributed by atoms with van der Waals surface area (Å²) < 4.78 is 21.7. The second-order valence-electron chi connectivity index (χ2n) is 4.07. The van der Waals surface area contributed by atoms with E-state index in [-0.39, 0.29) is 17.0 Å². The lowest BCUT2D eigenvalue weighted by Gasteiger charge is -2.16. The van der Waals surface area contributed by atoms with Crippen molar-refractivity contribution in [2.45, 2.75) is 0 Å². The molecule has 0 aromatic heterocycles. The number of hydrogen-bond donors (Lipinski definition) is 2. The number of anilines is 1. The minimum Gasteiger partial charge on any atom is -0.465 e. The van der Waals surface area contributed by atoms with Crippen molar-refractivity contribution in [2.75, 3.05) is 12.2 Å². The number of carbonyl (C=O) groups is 1. The molecule has 0 aliphatic carbocycles. The summed E-state index contributed by atoms with van der Waals surface area (Å²) in [6.45, 7) is 0. The molecule has 0 bridgehead atoms. The van der Waals surface area contributed by atoms with Crippen molar-refractivity contribution in [3.63, 3.8) is 0 Å². The highest BCUT2D eigenvalue weighted by molar-refractivity contribution is 7.54. The highest BCUT2D eigenvalue weighted by atomic mass is 31.2. The average molecular weight is 307 g/mol. The number of benzene rings is 2. The third-order valence-electron chi connectivity index (χ3n) is 2.57. The zero-order valence-electron chi connectivity index (χ0n) is 11.2. The number of methoxy groups -OCH3 is 1. The van der Waals surface area contributed by atoms with E-state index >= 15 is 0 Å². The summed E-state index contributed by atoms with van der Waals surface area (Å²) in [7, 11) is -2.94. The van der Waals surface area contributed by atoms with Crippen LogP contribution in [0.1, 0.15) is 10.4 Å². The zero-order chi connectivity index (χ0) is 15.3. The van der Waals surface area contributed by atoms with Gasteiger partial charge in [-0.05, 0) is 24.3 Å². The van der Waals surface area contributed by atoms with Crippen molar-refractivity contribution >= 4 is 19.4 Å². The van der Waals surface area contributed by atoms with Crippen LogP contribution in [-0.2, 0) is 9.30 Å². The fourth-order valence-corrected chi connectivity index (χ4v) is 2.62. The first-order valence-corrected chi connectivity index (χ1v) is 7.62. The van der Waals surface area contributed by atoms with Crippen LogP contribution in [0.2, 0.25) is 0 Å². The Kier molecular flexibility index (Phi) is 4.62. The number of ether oxygens (including phenoxy) is 1. The fourth-order valence-electron chi connectivity index (χ4n) is 1.67. The first-order valence-electron chi connectivity index (χ1n) is 6.05. The van der Waals surface area contributed by atoms with Crippen LogP contribution in [-0.4, -0.2) is 18.0 Å². The molecule has 0 heterocycles. The van der Waals surface area contributed by atoms with Crippen LogP contribution < -0.4 is 9.61 Å². The number of hydrogen-bond acceptors (Lipinski definition) is 4. The highest BCUT2D eigenvalue weighted by Crippen LogP contribution is 2.43. The summed E-state index contributed by atoms with van der Waals surface area (Å²) in [6, 6.07) is 14.4. The SMILES string of the molecule is COC(=O)c1ccccc1NP(=O)(O)Oc1ccccc1. The van der Waals surface area contributed by atoms with E-state index in [4.69, 9.17) is 4.52 Å². The molecule has 0 spiro atoms. The van der Waals surface area contributed by atoms with E-state index in [1.165, 1.54) is 19.2 Å². The smallest absolute Gasteiger partial charge is 0.465 e. The van der Waals surface area contributed by atoms with E-state index in [9.17, 15) is 14.3 Å². The zero-order valence-corrected chi connectivity index (χ0v) is 12.1. The lowest BCUT2D eigenvalue weighted by molar-refractivity contribution is 0.0602. The Labute approximate surface area is 121 Å². The quantitative estimate of drug-likeness (QED) is 0.652. The molecule has 0 aliphatic rings. The monoisotopic (exact) mass is 307 g/mol. The predicted molar refractivity (Wildman–Crippen MR) is 78.3 cm³/mol. The Hall–Kier alpha value is -2.30. The molecule has 1 unspecified atom stereocenters. The number of esters is 1. The maximum Gasteiger partial charge on any atom is 0.483 e. The van der Waals surface area contributed by atoms with Gasteiger partial charge < -0.3 is 9.26 Å². The first kappa shape index (κ1) is 15.1. The van der Waals surface area contributed by atoms with E-state index in [0.717, 1.165) is 0 Å². The molecule has 2 rings (SSSR count). The molecule has 2 aromatic rings. The van der Waals surface area contributed by atoms with E-state index in [1.807, 2.05) is 0 Å². The van der Waals surface area contributed by atoms with E-state index in [0.29, 0.717) is 0 Å². The molecule has 7 heteroatoms. The van der Waals surface area contributed by atoms with Gasteiger partial charge in [0.05, 0.1) is 18.4 Å². The molecular formula is C14H14NO5P. The van der Waals surface area contributed by atoms with Crippen molar-refractivity contribution in [1.82, 2.24) is 0 Å². The van der Waals surface area contributed by atoms with Gasteiger partial charge in [0.1, 0.15) is 5.75 Å². The van der Waals surface area contributed by atoms with Gasteiger partial charge in [-0.1, -0.05) is 30.3 Å². The third kappa shape index (κ3) is 4.08. The topological polar surface area (TPSA) is 84.9 Å². The van der Waals surface area contributed by atoms with Crippen LogP contribution in [0.25, 0.3) is 0 Å². The maximum atomic E-state index is 12.1. The minimum absolute atomic E-state index is 0.144. The van der Waals surface area contributed by atoms with E-state index in [2.05, 4.69) is 9.82 Å². The lowest BCUT2D eigenvalue weighted by atomic mass is 10.2. The summed E-state index contributed by atoms with van der Waals surface area (Å²) in [5.74, 6) is -0.371. The largest absolute Gasteiger partial charge is 0.483 e. The number of nitrogens with one attached hydrogen (secondary N) is 1. The van der Waals surface area contributed by atoms with Gasteiger partial charge in [0.25, 0.3) is 0 Å². The first-order chi connectivity index (χ1) is 10.0. The Morgan fingerprint density at radius 3 is 2.38 bits per heavy atom. The van der Waals surface area contributed by atoms with Crippen molar-refractivity contribution in [3.05, 3.63) is 60.2 Å². The van der Waals surface area contributed by atoms with Crippen molar-refractivity contribution in [3.8, 4) is 5.75 Å². The molecule has 6 nitrogen and oxygen atoms in total.